The van der Waals surface area contributed by atoms with E-state index in [2.05, 4.69) is 10.0 Å². The van der Waals surface area contributed by atoms with E-state index in [1.807, 2.05) is 52.0 Å². The van der Waals surface area contributed by atoms with Crippen LogP contribution in [0, 0.1) is 0 Å². The van der Waals surface area contributed by atoms with Gasteiger partial charge in [-0.15, -0.1) is 0 Å². The first kappa shape index (κ1) is 16.3. The molecule has 118 valence electrons. The van der Waals surface area contributed by atoms with Crippen LogP contribution in [0.15, 0.2) is 24.3 Å². The molecule has 1 aliphatic heterocycles. The lowest BCUT2D eigenvalue weighted by Crippen LogP contribution is -2.52. The molecule has 0 saturated carbocycles. The third kappa shape index (κ3) is 3.96. The summed E-state index contributed by atoms with van der Waals surface area (Å²) in [4.78, 5) is 0. The summed E-state index contributed by atoms with van der Waals surface area (Å²) in [5, 5.41) is 3.44. The van der Waals surface area contributed by atoms with E-state index in [0.717, 1.165) is 11.3 Å². The SMILES string of the molecule is CC(C)(CNC1c2ccccc2OC1(C)C)NS(C)(=O)=O. The maximum Gasteiger partial charge on any atom is 0.209 e. The van der Waals surface area contributed by atoms with Crippen molar-refractivity contribution < 1.29 is 13.2 Å². The van der Waals surface area contributed by atoms with Crippen LogP contribution in [0.5, 0.6) is 5.75 Å². The molecule has 1 aliphatic rings. The van der Waals surface area contributed by atoms with Crippen LogP contribution in [0.2, 0.25) is 0 Å². The lowest BCUT2D eigenvalue weighted by Gasteiger charge is -2.32. The number of nitrogens with one attached hydrogen (secondary N) is 2. The molecule has 1 unspecified atom stereocenters. The van der Waals surface area contributed by atoms with Gasteiger partial charge in [0.15, 0.2) is 0 Å². The van der Waals surface area contributed by atoms with Crippen LogP contribution < -0.4 is 14.8 Å². The molecule has 0 amide bonds. The zero-order chi connectivity index (χ0) is 15.9. The molecule has 5 nitrogen and oxygen atoms in total. The van der Waals surface area contributed by atoms with Crippen molar-refractivity contribution in [2.24, 2.45) is 0 Å². The lowest BCUT2D eigenvalue weighted by molar-refractivity contribution is 0.0939. The van der Waals surface area contributed by atoms with Crippen molar-refractivity contribution in [1.82, 2.24) is 10.0 Å². The zero-order valence-electron chi connectivity index (χ0n) is 13.2. The van der Waals surface area contributed by atoms with Crippen molar-refractivity contribution in [3.63, 3.8) is 0 Å². The summed E-state index contributed by atoms with van der Waals surface area (Å²) in [7, 11) is -3.24. The second kappa shape index (κ2) is 5.26. The smallest absolute Gasteiger partial charge is 0.209 e. The highest BCUT2D eigenvalue weighted by atomic mass is 32.2. The first-order chi connectivity index (χ1) is 9.50. The van der Waals surface area contributed by atoms with Crippen molar-refractivity contribution in [3.05, 3.63) is 29.8 Å². The molecule has 21 heavy (non-hydrogen) atoms. The lowest BCUT2D eigenvalue weighted by atomic mass is 9.93. The molecule has 0 radical (unpaired) electrons. The Morgan fingerprint density at radius 3 is 2.52 bits per heavy atom. The number of rotatable bonds is 5. The minimum absolute atomic E-state index is 0.0225. The summed E-state index contributed by atoms with van der Waals surface area (Å²) in [5.41, 5.74) is 0.171. The predicted octanol–water partition coefficient (Wildman–Crippen LogP) is 1.82. The van der Waals surface area contributed by atoms with E-state index in [4.69, 9.17) is 4.74 Å². The molecule has 1 atom stereocenters. The number of sulfonamides is 1. The second-order valence-electron chi connectivity index (χ2n) is 6.82. The van der Waals surface area contributed by atoms with Crippen molar-refractivity contribution in [2.45, 2.75) is 44.9 Å². The minimum Gasteiger partial charge on any atom is -0.486 e. The fraction of sp³-hybridized carbons (Fsp3) is 0.600. The second-order valence-corrected chi connectivity index (χ2v) is 8.56. The van der Waals surface area contributed by atoms with Crippen LogP contribution in [0.4, 0.5) is 0 Å². The molecule has 0 aliphatic carbocycles. The van der Waals surface area contributed by atoms with Crippen LogP contribution >= 0.6 is 0 Å². The molecule has 0 spiro atoms. The maximum absolute atomic E-state index is 11.4. The van der Waals surface area contributed by atoms with E-state index >= 15 is 0 Å². The molecule has 1 heterocycles. The fourth-order valence-electron chi connectivity index (χ4n) is 2.78. The molecule has 0 fully saturated rings. The Labute approximate surface area is 127 Å². The Morgan fingerprint density at radius 2 is 1.90 bits per heavy atom. The molecule has 0 aromatic heterocycles. The van der Waals surface area contributed by atoms with Gasteiger partial charge in [0.05, 0.1) is 12.3 Å². The van der Waals surface area contributed by atoms with Crippen LogP contribution in [-0.4, -0.2) is 32.4 Å². The molecule has 2 N–H and O–H groups in total. The molecule has 1 aromatic carbocycles. The molecular formula is C15H24N2O3S. The molecule has 2 rings (SSSR count). The summed E-state index contributed by atoms with van der Waals surface area (Å²) in [6, 6.07) is 7.96. The summed E-state index contributed by atoms with van der Waals surface area (Å²) in [6.07, 6.45) is 1.17. The van der Waals surface area contributed by atoms with Crippen molar-refractivity contribution in [2.75, 3.05) is 12.8 Å². The normalized spacial score (nSPS) is 20.9. The summed E-state index contributed by atoms with van der Waals surface area (Å²) in [6.45, 7) is 8.28. The van der Waals surface area contributed by atoms with Gasteiger partial charge in [-0.05, 0) is 33.8 Å². The first-order valence-corrected chi connectivity index (χ1v) is 8.90. The van der Waals surface area contributed by atoms with Gasteiger partial charge in [0, 0.05) is 17.6 Å². The largest absolute Gasteiger partial charge is 0.486 e. The maximum atomic E-state index is 11.4. The summed E-state index contributed by atoms with van der Waals surface area (Å²) < 4.78 is 31.4. The highest BCUT2D eigenvalue weighted by Gasteiger charge is 2.41. The fourth-order valence-corrected chi connectivity index (χ4v) is 3.86. The van der Waals surface area contributed by atoms with Gasteiger partial charge < -0.3 is 10.1 Å². The van der Waals surface area contributed by atoms with Gasteiger partial charge in [-0.2, -0.15) is 0 Å². The number of hydrogen-bond acceptors (Lipinski definition) is 4. The van der Waals surface area contributed by atoms with Crippen LogP contribution in [-0.2, 0) is 10.0 Å². The molecule has 1 aromatic rings. The number of benzene rings is 1. The monoisotopic (exact) mass is 312 g/mol. The average molecular weight is 312 g/mol. The summed E-state index contributed by atoms with van der Waals surface area (Å²) in [5.74, 6) is 0.883. The Bertz CT molecular complexity index is 624. The molecule has 0 saturated heterocycles. The summed E-state index contributed by atoms with van der Waals surface area (Å²) >= 11 is 0. The van der Waals surface area contributed by atoms with Gasteiger partial charge >= 0.3 is 0 Å². The Balaban J connectivity index is 2.12. The van der Waals surface area contributed by atoms with E-state index in [1.165, 1.54) is 6.26 Å². The Hall–Kier alpha value is -1.11. The third-order valence-electron chi connectivity index (χ3n) is 3.51. The van der Waals surface area contributed by atoms with E-state index < -0.39 is 15.6 Å². The van der Waals surface area contributed by atoms with Crippen molar-refractivity contribution in [3.8, 4) is 5.75 Å². The highest BCUT2D eigenvalue weighted by molar-refractivity contribution is 7.88. The topological polar surface area (TPSA) is 67.4 Å². The predicted molar refractivity (Wildman–Crippen MR) is 84.0 cm³/mol. The van der Waals surface area contributed by atoms with Crippen LogP contribution in [0.3, 0.4) is 0 Å². The van der Waals surface area contributed by atoms with Gasteiger partial charge in [0.25, 0.3) is 0 Å². The number of ether oxygens (including phenoxy) is 1. The van der Waals surface area contributed by atoms with Crippen molar-refractivity contribution in [1.29, 1.82) is 0 Å². The van der Waals surface area contributed by atoms with E-state index in [-0.39, 0.29) is 11.6 Å². The van der Waals surface area contributed by atoms with Gasteiger partial charge in [-0.1, -0.05) is 18.2 Å². The Morgan fingerprint density at radius 1 is 1.29 bits per heavy atom. The first-order valence-electron chi connectivity index (χ1n) is 7.00. The number of para-hydroxylation sites is 1. The minimum atomic E-state index is -3.24. The number of hydrogen-bond donors (Lipinski definition) is 2. The van der Waals surface area contributed by atoms with E-state index in [1.54, 1.807) is 0 Å². The third-order valence-corrected chi connectivity index (χ3v) is 4.43. The van der Waals surface area contributed by atoms with Crippen LogP contribution in [0.25, 0.3) is 0 Å². The van der Waals surface area contributed by atoms with E-state index in [0.29, 0.717) is 6.54 Å². The quantitative estimate of drug-likeness (QED) is 0.870. The van der Waals surface area contributed by atoms with Gasteiger partial charge in [0.2, 0.25) is 10.0 Å². The zero-order valence-corrected chi connectivity index (χ0v) is 14.0. The Kier molecular flexibility index (Phi) is 4.08. The van der Waals surface area contributed by atoms with E-state index in [9.17, 15) is 8.42 Å². The standard InChI is InChI=1S/C15H24N2O3S/c1-14(2,17-21(5,18)19)10-16-13-11-8-6-7-9-12(11)20-15(13,3)4/h6-9,13,16-17H,10H2,1-5H3. The molecular weight excluding hydrogens is 288 g/mol. The van der Waals surface area contributed by atoms with Gasteiger partial charge in [0.1, 0.15) is 11.4 Å². The van der Waals surface area contributed by atoms with Gasteiger partial charge in [-0.3, -0.25) is 0 Å². The van der Waals surface area contributed by atoms with Gasteiger partial charge in [-0.25, -0.2) is 13.1 Å². The highest BCUT2D eigenvalue weighted by Crippen LogP contribution is 2.42. The molecule has 6 heteroatoms. The van der Waals surface area contributed by atoms with Crippen molar-refractivity contribution >= 4 is 10.0 Å². The van der Waals surface area contributed by atoms with Crippen LogP contribution in [0.1, 0.15) is 39.3 Å². The number of fused-ring (bicyclic) bond motifs is 1. The average Bonchev–Trinajstić information content (AvgIpc) is 2.52. The molecule has 0 bridgehead atoms.